The Hall–Kier alpha value is -1.07. The molecule has 0 fully saturated rings. The smallest absolute Gasteiger partial charge is 0.224 e. The second-order valence-corrected chi connectivity index (χ2v) is 4.44. The summed E-state index contributed by atoms with van der Waals surface area (Å²) in [5, 5.41) is 2.79. The van der Waals surface area contributed by atoms with Crippen molar-refractivity contribution in [3.8, 4) is 0 Å². The Morgan fingerprint density at radius 2 is 2.29 bits per heavy atom. The predicted molar refractivity (Wildman–Crippen MR) is 72.9 cm³/mol. The summed E-state index contributed by atoms with van der Waals surface area (Å²) in [6.45, 7) is 3.24. The largest absolute Gasteiger partial charge is 0.398 e. The molecule has 0 heterocycles. The van der Waals surface area contributed by atoms with Crippen molar-refractivity contribution >= 4 is 33.2 Å². The summed E-state index contributed by atoms with van der Waals surface area (Å²) in [4.78, 5) is 11.6. The highest BCUT2D eigenvalue weighted by molar-refractivity contribution is 9.10. The van der Waals surface area contributed by atoms with Crippen LogP contribution in [-0.2, 0) is 9.53 Å². The van der Waals surface area contributed by atoms with Crippen molar-refractivity contribution in [3.05, 3.63) is 22.7 Å². The third-order valence-electron chi connectivity index (χ3n) is 2.18. The van der Waals surface area contributed by atoms with Crippen molar-refractivity contribution < 1.29 is 9.53 Å². The standard InChI is InChI=1S/C12H17BrN2O2/c1-2-17-7-3-4-12(16)15-9-5-6-10(13)11(14)8-9/h5-6,8H,2-4,7,14H2,1H3,(H,15,16). The molecule has 0 radical (unpaired) electrons. The van der Waals surface area contributed by atoms with Gasteiger partial charge in [0.2, 0.25) is 5.91 Å². The zero-order valence-corrected chi connectivity index (χ0v) is 11.4. The molecule has 0 aliphatic heterocycles. The van der Waals surface area contributed by atoms with E-state index >= 15 is 0 Å². The fourth-order valence-corrected chi connectivity index (χ4v) is 1.57. The molecule has 0 aliphatic rings. The number of hydrogen-bond donors (Lipinski definition) is 2. The average molecular weight is 301 g/mol. The molecular formula is C12H17BrN2O2. The molecule has 1 amide bonds. The predicted octanol–water partition coefficient (Wildman–Crippen LogP) is 2.79. The first-order chi connectivity index (χ1) is 8.13. The number of carbonyl (C=O) groups excluding carboxylic acids is 1. The van der Waals surface area contributed by atoms with E-state index in [9.17, 15) is 4.79 Å². The number of halogens is 1. The van der Waals surface area contributed by atoms with Crippen LogP contribution in [0.1, 0.15) is 19.8 Å². The second kappa shape index (κ2) is 7.29. The molecule has 0 spiro atoms. The maximum Gasteiger partial charge on any atom is 0.224 e. The first-order valence-electron chi connectivity index (χ1n) is 5.56. The van der Waals surface area contributed by atoms with Crippen LogP contribution in [0, 0.1) is 0 Å². The fourth-order valence-electron chi connectivity index (χ4n) is 1.32. The number of hydrogen-bond acceptors (Lipinski definition) is 3. The van der Waals surface area contributed by atoms with Gasteiger partial charge in [-0.25, -0.2) is 0 Å². The molecule has 94 valence electrons. The van der Waals surface area contributed by atoms with Crippen LogP contribution >= 0.6 is 15.9 Å². The van der Waals surface area contributed by atoms with E-state index in [1.165, 1.54) is 0 Å². The minimum absolute atomic E-state index is 0.0218. The summed E-state index contributed by atoms with van der Waals surface area (Å²) in [5.74, 6) is -0.0218. The van der Waals surface area contributed by atoms with Gasteiger partial charge in [-0.3, -0.25) is 4.79 Å². The Bertz CT molecular complexity index is 383. The number of anilines is 2. The van der Waals surface area contributed by atoms with Crippen LogP contribution < -0.4 is 11.1 Å². The molecule has 4 nitrogen and oxygen atoms in total. The lowest BCUT2D eigenvalue weighted by Gasteiger charge is -2.07. The minimum atomic E-state index is -0.0218. The van der Waals surface area contributed by atoms with Crippen molar-refractivity contribution in [2.24, 2.45) is 0 Å². The van der Waals surface area contributed by atoms with Gasteiger partial charge in [0, 0.05) is 35.5 Å². The van der Waals surface area contributed by atoms with E-state index in [1.54, 1.807) is 12.1 Å². The van der Waals surface area contributed by atoms with Gasteiger partial charge in [0.25, 0.3) is 0 Å². The number of carbonyl (C=O) groups is 1. The van der Waals surface area contributed by atoms with E-state index in [2.05, 4.69) is 21.2 Å². The summed E-state index contributed by atoms with van der Waals surface area (Å²) in [7, 11) is 0. The van der Waals surface area contributed by atoms with Crippen molar-refractivity contribution in [1.29, 1.82) is 0 Å². The topological polar surface area (TPSA) is 64.3 Å². The van der Waals surface area contributed by atoms with Gasteiger partial charge in [-0.05, 0) is 47.5 Å². The van der Waals surface area contributed by atoms with Crippen molar-refractivity contribution in [2.75, 3.05) is 24.3 Å². The fraction of sp³-hybridized carbons (Fsp3) is 0.417. The van der Waals surface area contributed by atoms with Gasteiger partial charge >= 0.3 is 0 Å². The summed E-state index contributed by atoms with van der Waals surface area (Å²) in [5.41, 5.74) is 7.04. The van der Waals surface area contributed by atoms with E-state index in [0.29, 0.717) is 31.0 Å². The zero-order valence-electron chi connectivity index (χ0n) is 9.83. The van der Waals surface area contributed by atoms with Gasteiger partial charge in [-0.15, -0.1) is 0 Å². The normalized spacial score (nSPS) is 10.2. The van der Waals surface area contributed by atoms with Gasteiger partial charge in [0.05, 0.1) is 0 Å². The lowest BCUT2D eigenvalue weighted by molar-refractivity contribution is -0.116. The van der Waals surface area contributed by atoms with Crippen LogP contribution in [0.2, 0.25) is 0 Å². The molecule has 0 aromatic heterocycles. The number of rotatable bonds is 6. The second-order valence-electron chi connectivity index (χ2n) is 3.58. The summed E-state index contributed by atoms with van der Waals surface area (Å²) in [6, 6.07) is 5.34. The van der Waals surface area contributed by atoms with Gasteiger partial charge in [-0.1, -0.05) is 0 Å². The van der Waals surface area contributed by atoms with Crippen molar-refractivity contribution in [2.45, 2.75) is 19.8 Å². The quantitative estimate of drug-likeness (QED) is 0.627. The molecule has 1 aromatic carbocycles. The first kappa shape index (κ1) is 14.0. The van der Waals surface area contributed by atoms with E-state index in [1.807, 2.05) is 13.0 Å². The van der Waals surface area contributed by atoms with Gasteiger partial charge in [0.1, 0.15) is 0 Å². The van der Waals surface area contributed by atoms with E-state index in [-0.39, 0.29) is 5.91 Å². The molecule has 3 N–H and O–H groups in total. The maximum absolute atomic E-state index is 11.6. The highest BCUT2D eigenvalue weighted by atomic mass is 79.9. The SMILES string of the molecule is CCOCCCC(=O)Nc1ccc(Br)c(N)c1. The van der Waals surface area contributed by atoms with E-state index in [4.69, 9.17) is 10.5 Å². The Balaban J connectivity index is 2.37. The Morgan fingerprint density at radius 3 is 2.94 bits per heavy atom. The highest BCUT2D eigenvalue weighted by Crippen LogP contribution is 2.22. The summed E-state index contributed by atoms with van der Waals surface area (Å²) in [6.07, 6.45) is 1.18. The Labute approximate surface area is 110 Å². The third kappa shape index (κ3) is 5.19. The van der Waals surface area contributed by atoms with E-state index < -0.39 is 0 Å². The lowest BCUT2D eigenvalue weighted by atomic mass is 10.2. The highest BCUT2D eigenvalue weighted by Gasteiger charge is 2.03. The number of ether oxygens (including phenoxy) is 1. The number of amides is 1. The monoisotopic (exact) mass is 300 g/mol. The van der Waals surface area contributed by atoms with Crippen LogP contribution in [0.3, 0.4) is 0 Å². The third-order valence-corrected chi connectivity index (χ3v) is 2.90. The molecular weight excluding hydrogens is 284 g/mol. The molecule has 1 rings (SSSR count). The van der Waals surface area contributed by atoms with Gasteiger partial charge < -0.3 is 15.8 Å². The number of nitrogens with one attached hydrogen (secondary N) is 1. The lowest BCUT2D eigenvalue weighted by Crippen LogP contribution is -2.12. The van der Waals surface area contributed by atoms with Crippen LogP contribution in [0.25, 0.3) is 0 Å². The van der Waals surface area contributed by atoms with Gasteiger partial charge in [-0.2, -0.15) is 0 Å². The molecule has 0 saturated heterocycles. The van der Waals surface area contributed by atoms with Crippen molar-refractivity contribution in [3.63, 3.8) is 0 Å². The Kier molecular flexibility index (Phi) is 6.00. The summed E-state index contributed by atoms with van der Waals surface area (Å²) < 4.78 is 5.99. The number of nitrogen functional groups attached to an aromatic ring is 1. The van der Waals surface area contributed by atoms with Gasteiger partial charge in [0.15, 0.2) is 0 Å². The molecule has 0 saturated carbocycles. The average Bonchev–Trinajstić information content (AvgIpc) is 2.30. The molecule has 0 bridgehead atoms. The van der Waals surface area contributed by atoms with Crippen molar-refractivity contribution in [1.82, 2.24) is 0 Å². The maximum atomic E-state index is 11.6. The molecule has 0 aliphatic carbocycles. The molecule has 0 atom stereocenters. The number of nitrogens with two attached hydrogens (primary N) is 1. The summed E-state index contributed by atoms with van der Waals surface area (Å²) >= 11 is 3.30. The molecule has 0 unspecified atom stereocenters. The molecule has 1 aromatic rings. The number of benzene rings is 1. The van der Waals surface area contributed by atoms with Crippen LogP contribution in [0.4, 0.5) is 11.4 Å². The van der Waals surface area contributed by atoms with Crippen LogP contribution in [0.15, 0.2) is 22.7 Å². The molecule has 5 heteroatoms. The molecule has 17 heavy (non-hydrogen) atoms. The van der Waals surface area contributed by atoms with Crippen LogP contribution in [-0.4, -0.2) is 19.1 Å². The zero-order chi connectivity index (χ0) is 12.7. The Morgan fingerprint density at radius 1 is 1.53 bits per heavy atom. The first-order valence-corrected chi connectivity index (χ1v) is 6.35. The van der Waals surface area contributed by atoms with E-state index in [0.717, 1.165) is 10.9 Å². The van der Waals surface area contributed by atoms with Crippen LogP contribution in [0.5, 0.6) is 0 Å². The minimum Gasteiger partial charge on any atom is -0.398 e.